The zero-order valence-electron chi connectivity index (χ0n) is 16.3. The molecule has 0 spiro atoms. The molecule has 0 saturated carbocycles. The standard InChI is InChI=1S/C23H14Cl3N3O3/c24-16-11-17(25)21(18(26)12-16)29-20(32-23(31)15-9-5-2-6-10-15)13-19(28-29)27-22(30)14-7-3-1-4-8-14/h1-13H,(H,27,28,30). The van der Waals surface area contributed by atoms with Crippen LogP contribution >= 0.6 is 34.8 Å². The first kappa shape index (κ1) is 21.9. The van der Waals surface area contributed by atoms with Crippen molar-refractivity contribution in [2.45, 2.75) is 0 Å². The Bertz CT molecular complexity index is 1270. The Hall–Kier alpha value is -3.32. The number of hydrogen-bond acceptors (Lipinski definition) is 4. The van der Waals surface area contributed by atoms with Crippen molar-refractivity contribution in [2.24, 2.45) is 0 Å². The van der Waals surface area contributed by atoms with E-state index < -0.39 is 5.97 Å². The van der Waals surface area contributed by atoms with E-state index in [9.17, 15) is 9.59 Å². The molecule has 0 atom stereocenters. The van der Waals surface area contributed by atoms with E-state index in [2.05, 4.69) is 10.4 Å². The molecule has 160 valence electrons. The first-order valence-electron chi connectivity index (χ1n) is 9.31. The van der Waals surface area contributed by atoms with Crippen LogP contribution in [0, 0.1) is 0 Å². The van der Waals surface area contributed by atoms with Gasteiger partial charge in [-0.1, -0.05) is 71.2 Å². The van der Waals surface area contributed by atoms with E-state index in [1.807, 2.05) is 0 Å². The molecule has 6 nitrogen and oxygen atoms in total. The number of ether oxygens (including phenoxy) is 1. The van der Waals surface area contributed by atoms with Crippen LogP contribution in [0.2, 0.25) is 15.1 Å². The summed E-state index contributed by atoms with van der Waals surface area (Å²) in [5, 5.41) is 7.71. The highest BCUT2D eigenvalue weighted by molar-refractivity contribution is 6.40. The van der Waals surface area contributed by atoms with Crippen molar-refractivity contribution >= 4 is 52.5 Å². The maximum atomic E-state index is 12.6. The second-order valence-electron chi connectivity index (χ2n) is 6.57. The summed E-state index contributed by atoms with van der Waals surface area (Å²) in [5.41, 5.74) is 1.02. The first-order valence-corrected chi connectivity index (χ1v) is 10.4. The fourth-order valence-corrected chi connectivity index (χ4v) is 3.88. The minimum Gasteiger partial charge on any atom is -0.404 e. The smallest absolute Gasteiger partial charge is 0.344 e. The van der Waals surface area contributed by atoms with Gasteiger partial charge in [0.15, 0.2) is 5.82 Å². The zero-order valence-corrected chi connectivity index (χ0v) is 18.5. The lowest BCUT2D eigenvalue weighted by molar-refractivity contribution is 0.0723. The fourth-order valence-electron chi connectivity index (χ4n) is 2.90. The van der Waals surface area contributed by atoms with Crippen LogP contribution in [0.5, 0.6) is 5.88 Å². The van der Waals surface area contributed by atoms with Gasteiger partial charge in [0.05, 0.1) is 15.6 Å². The minimum absolute atomic E-state index is 0.00772. The molecule has 4 rings (SSSR count). The van der Waals surface area contributed by atoms with E-state index >= 15 is 0 Å². The summed E-state index contributed by atoms with van der Waals surface area (Å²) in [7, 11) is 0. The molecule has 0 bridgehead atoms. The largest absolute Gasteiger partial charge is 0.404 e. The molecule has 1 N–H and O–H groups in total. The van der Waals surface area contributed by atoms with Crippen LogP contribution < -0.4 is 10.1 Å². The van der Waals surface area contributed by atoms with Crippen LogP contribution in [0.1, 0.15) is 20.7 Å². The van der Waals surface area contributed by atoms with Crippen LogP contribution in [0.15, 0.2) is 78.9 Å². The molecule has 0 fully saturated rings. The third-order valence-electron chi connectivity index (χ3n) is 4.35. The molecule has 0 aliphatic rings. The molecule has 4 aromatic rings. The van der Waals surface area contributed by atoms with Gasteiger partial charge in [-0.2, -0.15) is 4.68 Å². The van der Waals surface area contributed by atoms with Crippen molar-refractivity contribution < 1.29 is 14.3 Å². The molecule has 3 aromatic carbocycles. The molecule has 1 heterocycles. The number of aromatic nitrogens is 2. The van der Waals surface area contributed by atoms with E-state index in [0.29, 0.717) is 16.1 Å². The van der Waals surface area contributed by atoms with Crippen molar-refractivity contribution in [1.82, 2.24) is 9.78 Å². The molecule has 0 unspecified atom stereocenters. The Kier molecular flexibility index (Phi) is 6.46. The highest BCUT2D eigenvalue weighted by Gasteiger charge is 2.21. The summed E-state index contributed by atoms with van der Waals surface area (Å²) in [4.78, 5) is 25.2. The van der Waals surface area contributed by atoms with E-state index in [4.69, 9.17) is 39.5 Å². The summed E-state index contributed by atoms with van der Waals surface area (Å²) in [5.74, 6) is -0.858. The van der Waals surface area contributed by atoms with E-state index in [0.717, 1.165) is 0 Å². The van der Waals surface area contributed by atoms with Gasteiger partial charge in [0.25, 0.3) is 5.91 Å². The molecular formula is C23H14Cl3N3O3. The monoisotopic (exact) mass is 485 g/mol. The van der Waals surface area contributed by atoms with Crippen LogP contribution in [-0.2, 0) is 0 Å². The molecule has 0 aliphatic carbocycles. The lowest BCUT2D eigenvalue weighted by Gasteiger charge is -2.11. The third-order valence-corrected chi connectivity index (χ3v) is 5.15. The van der Waals surface area contributed by atoms with Crippen molar-refractivity contribution in [3.05, 3.63) is 105 Å². The van der Waals surface area contributed by atoms with Crippen LogP contribution in [0.25, 0.3) is 5.69 Å². The van der Waals surface area contributed by atoms with E-state index in [1.54, 1.807) is 60.7 Å². The number of nitrogens with one attached hydrogen (secondary N) is 1. The molecule has 1 amide bonds. The average molecular weight is 487 g/mol. The number of carbonyl (C=O) groups is 2. The van der Waals surface area contributed by atoms with Crippen LogP contribution in [0.3, 0.4) is 0 Å². The summed E-state index contributed by atoms with van der Waals surface area (Å²) >= 11 is 18.7. The summed E-state index contributed by atoms with van der Waals surface area (Å²) < 4.78 is 6.79. The topological polar surface area (TPSA) is 73.2 Å². The SMILES string of the molecule is O=C(Nc1cc(OC(=O)c2ccccc2)n(-c2c(Cl)cc(Cl)cc2Cl)n1)c1ccccc1. The van der Waals surface area contributed by atoms with Crippen LogP contribution in [-0.4, -0.2) is 21.7 Å². The van der Waals surface area contributed by atoms with Gasteiger partial charge in [-0.05, 0) is 36.4 Å². The van der Waals surface area contributed by atoms with Gasteiger partial charge in [-0.3, -0.25) is 4.79 Å². The Labute approximate surface area is 198 Å². The number of hydrogen-bond donors (Lipinski definition) is 1. The highest BCUT2D eigenvalue weighted by atomic mass is 35.5. The fraction of sp³-hybridized carbons (Fsp3) is 0. The predicted molar refractivity (Wildman–Crippen MR) is 124 cm³/mol. The number of nitrogens with zero attached hydrogens (tertiary/aromatic N) is 2. The maximum Gasteiger partial charge on any atom is 0.344 e. The third kappa shape index (κ3) is 4.78. The maximum absolute atomic E-state index is 12.6. The Balaban J connectivity index is 1.73. The quantitative estimate of drug-likeness (QED) is 0.336. The minimum atomic E-state index is -0.617. The van der Waals surface area contributed by atoms with Gasteiger partial charge in [0.2, 0.25) is 5.88 Å². The number of halogens is 3. The summed E-state index contributed by atoms with van der Waals surface area (Å²) in [6.07, 6.45) is 0. The van der Waals surface area contributed by atoms with Crippen molar-refractivity contribution in [3.63, 3.8) is 0 Å². The summed E-state index contributed by atoms with van der Waals surface area (Å²) in [6.45, 7) is 0. The molecule has 1 aromatic heterocycles. The molecule has 0 radical (unpaired) electrons. The second-order valence-corrected chi connectivity index (χ2v) is 7.82. The second kappa shape index (κ2) is 9.44. The molecule has 9 heteroatoms. The van der Waals surface area contributed by atoms with E-state index in [-0.39, 0.29) is 33.3 Å². The van der Waals surface area contributed by atoms with Crippen molar-refractivity contribution in [3.8, 4) is 11.6 Å². The average Bonchev–Trinajstić information content (AvgIpc) is 3.15. The van der Waals surface area contributed by atoms with E-state index in [1.165, 1.54) is 22.9 Å². The summed E-state index contributed by atoms with van der Waals surface area (Å²) in [6, 6.07) is 21.4. The van der Waals surface area contributed by atoms with Gasteiger partial charge in [0, 0.05) is 16.7 Å². The van der Waals surface area contributed by atoms with Gasteiger partial charge in [-0.15, -0.1) is 5.10 Å². The number of esters is 1. The molecule has 0 saturated heterocycles. The Morgan fingerprint density at radius 1 is 0.812 bits per heavy atom. The van der Waals surface area contributed by atoms with Gasteiger partial charge in [-0.25, -0.2) is 4.79 Å². The number of rotatable bonds is 5. The normalized spacial score (nSPS) is 10.6. The number of benzene rings is 3. The van der Waals surface area contributed by atoms with Gasteiger partial charge < -0.3 is 10.1 Å². The lowest BCUT2D eigenvalue weighted by atomic mass is 10.2. The first-order chi connectivity index (χ1) is 15.4. The van der Waals surface area contributed by atoms with Gasteiger partial charge >= 0.3 is 5.97 Å². The Morgan fingerprint density at radius 3 is 1.97 bits per heavy atom. The number of amides is 1. The molecule has 32 heavy (non-hydrogen) atoms. The Morgan fingerprint density at radius 2 is 1.38 bits per heavy atom. The zero-order chi connectivity index (χ0) is 22.7. The molecule has 0 aliphatic heterocycles. The van der Waals surface area contributed by atoms with Crippen molar-refractivity contribution in [1.29, 1.82) is 0 Å². The number of anilines is 1. The van der Waals surface area contributed by atoms with Crippen LogP contribution in [0.4, 0.5) is 5.82 Å². The molecular weight excluding hydrogens is 473 g/mol. The van der Waals surface area contributed by atoms with Crippen molar-refractivity contribution in [2.75, 3.05) is 5.32 Å². The highest BCUT2D eigenvalue weighted by Crippen LogP contribution is 2.35. The van der Waals surface area contributed by atoms with Gasteiger partial charge in [0.1, 0.15) is 5.69 Å². The lowest BCUT2D eigenvalue weighted by Crippen LogP contribution is -2.13. The number of carbonyl (C=O) groups excluding carboxylic acids is 2. The predicted octanol–water partition coefficient (Wildman–Crippen LogP) is 6.30.